The zero-order valence-electron chi connectivity index (χ0n) is 17.0. The minimum Gasteiger partial charge on any atom is -0.496 e. The maximum absolute atomic E-state index is 12.1. The summed E-state index contributed by atoms with van der Waals surface area (Å²) in [6.45, 7) is 4.03. The minimum absolute atomic E-state index is 0.322. The van der Waals surface area contributed by atoms with Gasteiger partial charge in [0.05, 0.1) is 7.11 Å². The average molecular weight is 386 g/mol. The fourth-order valence-electron chi connectivity index (χ4n) is 2.96. The van der Waals surface area contributed by atoms with Crippen molar-refractivity contribution in [2.24, 2.45) is 0 Å². The van der Waals surface area contributed by atoms with Gasteiger partial charge in [-0.05, 0) is 29.9 Å². The number of hydrogen-bond donors (Lipinski definition) is 0. The van der Waals surface area contributed by atoms with Gasteiger partial charge in [0.15, 0.2) is 0 Å². The van der Waals surface area contributed by atoms with Crippen LogP contribution in [-0.4, -0.2) is 25.3 Å². The van der Waals surface area contributed by atoms with Crippen molar-refractivity contribution in [1.82, 2.24) is 0 Å². The third-order valence-electron chi connectivity index (χ3n) is 4.52. The summed E-state index contributed by atoms with van der Waals surface area (Å²) in [5, 5.41) is 2.02. The molecule has 0 aliphatic rings. The molecule has 0 bridgehead atoms. The SMILES string of the molecule is CCCCC(=O)OC(Cc1ccc2c(OC)cccc2c1)OC(=O)CCCC. The fourth-order valence-corrected chi connectivity index (χ4v) is 2.96. The van der Waals surface area contributed by atoms with Gasteiger partial charge in [0.2, 0.25) is 0 Å². The minimum atomic E-state index is -0.906. The number of carbonyl (C=O) groups is 2. The van der Waals surface area contributed by atoms with Crippen molar-refractivity contribution >= 4 is 22.7 Å². The van der Waals surface area contributed by atoms with Crippen LogP contribution >= 0.6 is 0 Å². The number of hydrogen-bond acceptors (Lipinski definition) is 5. The summed E-state index contributed by atoms with van der Waals surface area (Å²) in [6, 6.07) is 11.8. The van der Waals surface area contributed by atoms with Gasteiger partial charge < -0.3 is 14.2 Å². The highest BCUT2D eigenvalue weighted by molar-refractivity contribution is 5.88. The Balaban J connectivity index is 2.14. The average Bonchev–Trinajstić information content (AvgIpc) is 2.69. The van der Waals surface area contributed by atoms with Crippen molar-refractivity contribution in [1.29, 1.82) is 0 Å². The number of carbonyl (C=O) groups excluding carboxylic acids is 2. The van der Waals surface area contributed by atoms with E-state index in [1.807, 2.05) is 50.2 Å². The maximum Gasteiger partial charge on any atom is 0.308 e. The van der Waals surface area contributed by atoms with Gasteiger partial charge in [0.25, 0.3) is 6.29 Å². The van der Waals surface area contributed by atoms with Gasteiger partial charge in [-0.15, -0.1) is 0 Å². The molecule has 0 saturated carbocycles. The van der Waals surface area contributed by atoms with Crippen LogP contribution in [0.1, 0.15) is 57.9 Å². The first-order valence-electron chi connectivity index (χ1n) is 10.0. The van der Waals surface area contributed by atoms with E-state index in [9.17, 15) is 9.59 Å². The molecule has 0 fully saturated rings. The largest absolute Gasteiger partial charge is 0.496 e. The zero-order chi connectivity index (χ0) is 20.4. The molecule has 0 N–H and O–H groups in total. The Labute approximate surface area is 167 Å². The number of methoxy groups -OCH3 is 1. The van der Waals surface area contributed by atoms with Crippen LogP contribution < -0.4 is 4.74 Å². The van der Waals surface area contributed by atoms with Crippen LogP contribution in [0.3, 0.4) is 0 Å². The second-order valence-electron chi connectivity index (χ2n) is 6.84. The molecule has 0 aliphatic carbocycles. The predicted molar refractivity (Wildman–Crippen MR) is 109 cm³/mol. The smallest absolute Gasteiger partial charge is 0.308 e. The summed E-state index contributed by atoms with van der Waals surface area (Å²) < 4.78 is 16.3. The second-order valence-corrected chi connectivity index (χ2v) is 6.84. The highest BCUT2D eigenvalue weighted by atomic mass is 16.7. The highest BCUT2D eigenvalue weighted by Crippen LogP contribution is 2.26. The van der Waals surface area contributed by atoms with E-state index in [0.717, 1.165) is 47.8 Å². The Kier molecular flexibility index (Phi) is 8.79. The molecule has 28 heavy (non-hydrogen) atoms. The summed E-state index contributed by atoms with van der Waals surface area (Å²) in [7, 11) is 1.64. The summed E-state index contributed by atoms with van der Waals surface area (Å²) in [6.07, 6.45) is 3.39. The van der Waals surface area contributed by atoms with Crippen molar-refractivity contribution in [2.75, 3.05) is 7.11 Å². The molecule has 0 aliphatic heterocycles. The van der Waals surface area contributed by atoms with Gasteiger partial charge in [-0.3, -0.25) is 9.59 Å². The molecule has 2 rings (SSSR count). The summed E-state index contributed by atoms with van der Waals surface area (Å²) in [4.78, 5) is 24.1. The number of fused-ring (bicyclic) bond motifs is 1. The maximum atomic E-state index is 12.1. The lowest BCUT2D eigenvalue weighted by Gasteiger charge is -2.19. The number of esters is 2. The molecule has 0 saturated heterocycles. The quantitative estimate of drug-likeness (QED) is 0.393. The van der Waals surface area contributed by atoms with Crippen LogP contribution in [-0.2, 0) is 25.5 Å². The third-order valence-corrected chi connectivity index (χ3v) is 4.52. The van der Waals surface area contributed by atoms with Crippen LogP contribution in [0.5, 0.6) is 5.75 Å². The number of ether oxygens (including phenoxy) is 3. The Bertz CT molecular complexity index is 762. The summed E-state index contributed by atoms with van der Waals surface area (Å²) in [5.74, 6) is 0.132. The molecule has 152 valence electrons. The third kappa shape index (κ3) is 6.55. The Morgan fingerprint density at radius 3 is 2.14 bits per heavy atom. The second kappa shape index (κ2) is 11.3. The lowest BCUT2D eigenvalue weighted by atomic mass is 10.0. The normalized spacial score (nSPS) is 10.9. The molecule has 0 spiro atoms. The highest BCUT2D eigenvalue weighted by Gasteiger charge is 2.20. The molecule has 0 heterocycles. The van der Waals surface area contributed by atoms with Crippen molar-refractivity contribution in [3.63, 3.8) is 0 Å². The number of rotatable bonds is 11. The molecular formula is C23H30O5. The lowest BCUT2D eigenvalue weighted by Crippen LogP contribution is -2.26. The molecule has 5 heteroatoms. The first kappa shape index (κ1) is 21.7. The topological polar surface area (TPSA) is 61.8 Å². The molecule has 2 aromatic rings. The van der Waals surface area contributed by atoms with Gasteiger partial charge in [-0.25, -0.2) is 0 Å². The van der Waals surface area contributed by atoms with E-state index in [2.05, 4.69) is 0 Å². The zero-order valence-corrected chi connectivity index (χ0v) is 17.0. The monoisotopic (exact) mass is 386 g/mol. The Hall–Kier alpha value is -2.56. The molecule has 2 aromatic carbocycles. The summed E-state index contributed by atoms with van der Waals surface area (Å²) >= 11 is 0. The summed E-state index contributed by atoms with van der Waals surface area (Å²) in [5.41, 5.74) is 0.928. The van der Waals surface area contributed by atoms with Gasteiger partial charge in [-0.1, -0.05) is 57.0 Å². The van der Waals surface area contributed by atoms with Crippen molar-refractivity contribution < 1.29 is 23.8 Å². The van der Waals surface area contributed by atoms with E-state index < -0.39 is 6.29 Å². The molecule has 0 unspecified atom stereocenters. The van der Waals surface area contributed by atoms with Crippen LogP contribution in [0.2, 0.25) is 0 Å². The van der Waals surface area contributed by atoms with Gasteiger partial charge in [0, 0.05) is 24.6 Å². The lowest BCUT2D eigenvalue weighted by molar-refractivity contribution is -0.187. The van der Waals surface area contributed by atoms with Gasteiger partial charge in [0.1, 0.15) is 5.75 Å². The van der Waals surface area contributed by atoms with Crippen molar-refractivity contribution in [2.45, 2.75) is 65.1 Å². The van der Waals surface area contributed by atoms with E-state index in [0.29, 0.717) is 19.3 Å². The van der Waals surface area contributed by atoms with Gasteiger partial charge >= 0.3 is 11.9 Å². The van der Waals surface area contributed by atoms with Crippen LogP contribution in [0, 0.1) is 0 Å². The van der Waals surface area contributed by atoms with E-state index in [1.165, 1.54) is 0 Å². The fraction of sp³-hybridized carbons (Fsp3) is 0.478. The van der Waals surface area contributed by atoms with Crippen molar-refractivity contribution in [3.05, 3.63) is 42.0 Å². The van der Waals surface area contributed by atoms with Crippen LogP contribution in [0.25, 0.3) is 10.8 Å². The predicted octanol–water partition coefficient (Wildman–Crippen LogP) is 5.18. The molecule has 0 amide bonds. The van der Waals surface area contributed by atoms with E-state index in [1.54, 1.807) is 7.11 Å². The molecule has 5 nitrogen and oxygen atoms in total. The van der Waals surface area contributed by atoms with Crippen LogP contribution in [0.15, 0.2) is 36.4 Å². The molecule has 0 aromatic heterocycles. The van der Waals surface area contributed by atoms with E-state index in [-0.39, 0.29) is 11.9 Å². The molecule has 0 atom stereocenters. The van der Waals surface area contributed by atoms with Gasteiger partial charge in [-0.2, -0.15) is 0 Å². The number of unbranched alkanes of at least 4 members (excludes halogenated alkanes) is 2. The first-order chi connectivity index (χ1) is 13.6. The van der Waals surface area contributed by atoms with E-state index >= 15 is 0 Å². The number of benzene rings is 2. The standard InChI is InChI=1S/C23H30O5/c1-4-6-11-21(24)27-23(28-22(25)12-7-5-2)16-17-13-14-19-18(15-17)9-8-10-20(19)26-3/h8-10,13-15,23H,4-7,11-12,16H2,1-3H3. The van der Waals surface area contributed by atoms with E-state index in [4.69, 9.17) is 14.2 Å². The van der Waals surface area contributed by atoms with Crippen molar-refractivity contribution in [3.8, 4) is 5.75 Å². The Morgan fingerprint density at radius 1 is 0.929 bits per heavy atom. The molecule has 0 radical (unpaired) electrons. The molecular weight excluding hydrogens is 356 g/mol. The van der Waals surface area contributed by atoms with Crippen LogP contribution in [0.4, 0.5) is 0 Å². The Morgan fingerprint density at radius 2 is 1.57 bits per heavy atom. The first-order valence-corrected chi connectivity index (χ1v) is 10.0.